The standard InChI is InChI=1S/C15H33N3/c1-5-15(8-9-16)7-6-10-18-11-13(2)17(4)14(3)12-18/h13-15H,5-12,16H2,1-4H3. The third-order valence-electron chi connectivity index (χ3n) is 4.67. The second kappa shape index (κ2) is 8.13. The number of nitrogens with zero attached hydrogens (tertiary/aromatic N) is 2. The molecule has 1 heterocycles. The fraction of sp³-hybridized carbons (Fsp3) is 1.00. The van der Waals surface area contributed by atoms with E-state index in [0.29, 0.717) is 12.1 Å². The smallest absolute Gasteiger partial charge is 0.0195 e. The molecule has 3 nitrogen and oxygen atoms in total. The van der Waals surface area contributed by atoms with E-state index in [1.807, 2.05) is 0 Å². The summed E-state index contributed by atoms with van der Waals surface area (Å²) in [6.07, 6.45) is 5.17. The molecule has 0 aromatic carbocycles. The van der Waals surface area contributed by atoms with Gasteiger partial charge < -0.3 is 10.6 Å². The summed E-state index contributed by atoms with van der Waals surface area (Å²) in [6.45, 7) is 11.5. The Bertz CT molecular complexity index is 208. The number of rotatable bonds is 7. The Labute approximate surface area is 114 Å². The highest BCUT2D eigenvalue weighted by Crippen LogP contribution is 2.17. The molecular weight excluding hydrogens is 222 g/mol. The maximum atomic E-state index is 5.66. The Kier molecular flexibility index (Phi) is 7.20. The zero-order valence-electron chi connectivity index (χ0n) is 12.9. The molecule has 1 rings (SSSR count). The number of piperazine rings is 1. The molecule has 1 saturated heterocycles. The van der Waals surface area contributed by atoms with Crippen molar-refractivity contribution < 1.29 is 0 Å². The SMILES string of the molecule is CCC(CCN)CCCN1CC(C)N(C)C(C)C1. The van der Waals surface area contributed by atoms with E-state index in [2.05, 4.69) is 37.6 Å². The maximum absolute atomic E-state index is 5.66. The summed E-state index contributed by atoms with van der Waals surface area (Å²) < 4.78 is 0. The van der Waals surface area contributed by atoms with E-state index >= 15 is 0 Å². The lowest BCUT2D eigenvalue weighted by Crippen LogP contribution is -2.54. The summed E-state index contributed by atoms with van der Waals surface area (Å²) >= 11 is 0. The third-order valence-corrected chi connectivity index (χ3v) is 4.67. The van der Waals surface area contributed by atoms with Crippen LogP contribution in [0, 0.1) is 5.92 Å². The van der Waals surface area contributed by atoms with Gasteiger partial charge >= 0.3 is 0 Å². The van der Waals surface area contributed by atoms with Gasteiger partial charge in [0, 0.05) is 25.2 Å². The first kappa shape index (κ1) is 15.9. The van der Waals surface area contributed by atoms with Crippen LogP contribution in [0.25, 0.3) is 0 Å². The molecule has 0 amide bonds. The molecule has 3 atom stereocenters. The molecule has 0 aliphatic carbocycles. The quantitative estimate of drug-likeness (QED) is 0.757. The highest BCUT2D eigenvalue weighted by molar-refractivity contribution is 4.82. The van der Waals surface area contributed by atoms with Crippen molar-refractivity contribution in [1.29, 1.82) is 0 Å². The fourth-order valence-electron chi connectivity index (χ4n) is 3.09. The van der Waals surface area contributed by atoms with Gasteiger partial charge in [-0.05, 0) is 59.2 Å². The van der Waals surface area contributed by atoms with Crippen molar-refractivity contribution in [3.05, 3.63) is 0 Å². The maximum Gasteiger partial charge on any atom is 0.0195 e. The second-order valence-corrected chi connectivity index (χ2v) is 6.12. The molecule has 0 saturated carbocycles. The molecule has 0 aromatic heterocycles. The van der Waals surface area contributed by atoms with Gasteiger partial charge in [-0.1, -0.05) is 13.3 Å². The van der Waals surface area contributed by atoms with Crippen LogP contribution in [0.2, 0.25) is 0 Å². The van der Waals surface area contributed by atoms with Crippen LogP contribution in [-0.4, -0.2) is 55.1 Å². The number of nitrogens with two attached hydrogens (primary N) is 1. The topological polar surface area (TPSA) is 32.5 Å². The van der Waals surface area contributed by atoms with Crippen LogP contribution in [0.15, 0.2) is 0 Å². The minimum Gasteiger partial charge on any atom is -0.330 e. The Hall–Kier alpha value is -0.120. The average molecular weight is 255 g/mol. The van der Waals surface area contributed by atoms with Crippen molar-refractivity contribution in [3.63, 3.8) is 0 Å². The third kappa shape index (κ3) is 4.87. The predicted octanol–water partition coefficient (Wildman–Crippen LogP) is 2.17. The van der Waals surface area contributed by atoms with Crippen LogP contribution in [0.3, 0.4) is 0 Å². The zero-order valence-corrected chi connectivity index (χ0v) is 12.9. The molecule has 3 heteroatoms. The van der Waals surface area contributed by atoms with Gasteiger partial charge in [0.05, 0.1) is 0 Å². The van der Waals surface area contributed by atoms with Crippen LogP contribution in [0.4, 0.5) is 0 Å². The molecule has 108 valence electrons. The zero-order chi connectivity index (χ0) is 13.5. The molecule has 18 heavy (non-hydrogen) atoms. The van der Waals surface area contributed by atoms with Crippen LogP contribution in [0.5, 0.6) is 0 Å². The van der Waals surface area contributed by atoms with E-state index in [0.717, 1.165) is 12.5 Å². The van der Waals surface area contributed by atoms with E-state index in [4.69, 9.17) is 5.73 Å². The highest BCUT2D eigenvalue weighted by atomic mass is 15.3. The average Bonchev–Trinajstić information content (AvgIpc) is 2.34. The van der Waals surface area contributed by atoms with Crippen molar-refractivity contribution >= 4 is 0 Å². The molecular formula is C15H33N3. The Morgan fingerprint density at radius 1 is 1.17 bits per heavy atom. The first-order valence-corrected chi connectivity index (χ1v) is 7.72. The Morgan fingerprint density at radius 3 is 2.28 bits per heavy atom. The van der Waals surface area contributed by atoms with Gasteiger partial charge in [0.1, 0.15) is 0 Å². The first-order chi connectivity index (χ1) is 8.58. The van der Waals surface area contributed by atoms with Gasteiger partial charge in [-0.25, -0.2) is 0 Å². The van der Waals surface area contributed by atoms with Crippen molar-refractivity contribution in [2.24, 2.45) is 11.7 Å². The van der Waals surface area contributed by atoms with Gasteiger partial charge in [0.2, 0.25) is 0 Å². The fourth-order valence-corrected chi connectivity index (χ4v) is 3.09. The summed E-state index contributed by atoms with van der Waals surface area (Å²) in [4.78, 5) is 5.14. The molecule has 1 aliphatic heterocycles. The minimum absolute atomic E-state index is 0.694. The van der Waals surface area contributed by atoms with E-state index in [-0.39, 0.29) is 0 Å². The van der Waals surface area contributed by atoms with Gasteiger partial charge in [0.25, 0.3) is 0 Å². The van der Waals surface area contributed by atoms with Crippen molar-refractivity contribution in [1.82, 2.24) is 9.80 Å². The van der Waals surface area contributed by atoms with Crippen LogP contribution < -0.4 is 5.73 Å². The van der Waals surface area contributed by atoms with Crippen LogP contribution in [0.1, 0.15) is 46.5 Å². The molecule has 0 bridgehead atoms. The lowest BCUT2D eigenvalue weighted by atomic mass is 9.96. The lowest BCUT2D eigenvalue weighted by Gasteiger charge is -2.42. The summed E-state index contributed by atoms with van der Waals surface area (Å²) in [5.41, 5.74) is 5.66. The van der Waals surface area contributed by atoms with E-state index < -0.39 is 0 Å². The highest BCUT2D eigenvalue weighted by Gasteiger charge is 2.25. The summed E-state index contributed by atoms with van der Waals surface area (Å²) in [7, 11) is 2.25. The predicted molar refractivity (Wildman–Crippen MR) is 79.8 cm³/mol. The number of hydrogen-bond donors (Lipinski definition) is 1. The Balaban J connectivity index is 2.23. The van der Waals surface area contributed by atoms with Gasteiger partial charge in [0.15, 0.2) is 0 Å². The summed E-state index contributed by atoms with van der Waals surface area (Å²) in [5.74, 6) is 0.845. The second-order valence-electron chi connectivity index (χ2n) is 6.12. The normalized spacial score (nSPS) is 28.5. The molecule has 2 N–H and O–H groups in total. The molecule has 1 fully saturated rings. The summed E-state index contributed by atoms with van der Waals surface area (Å²) in [5, 5.41) is 0. The van der Waals surface area contributed by atoms with E-state index in [1.165, 1.54) is 45.3 Å². The summed E-state index contributed by atoms with van der Waals surface area (Å²) in [6, 6.07) is 1.39. The monoisotopic (exact) mass is 255 g/mol. The van der Waals surface area contributed by atoms with Crippen molar-refractivity contribution in [2.75, 3.05) is 33.2 Å². The Morgan fingerprint density at radius 2 is 1.78 bits per heavy atom. The molecule has 3 unspecified atom stereocenters. The van der Waals surface area contributed by atoms with E-state index in [9.17, 15) is 0 Å². The lowest BCUT2D eigenvalue weighted by molar-refractivity contribution is 0.0583. The molecule has 0 aromatic rings. The molecule has 0 radical (unpaired) electrons. The largest absolute Gasteiger partial charge is 0.330 e. The molecule has 1 aliphatic rings. The number of likely N-dealkylation sites (N-methyl/N-ethyl adjacent to an activating group) is 1. The minimum atomic E-state index is 0.694. The van der Waals surface area contributed by atoms with E-state index in [1.54, 1.807) is 0 Å². The van der Waals surface area contributed by atoms with Gasteiger partial charge in [-0.15, -0.1) is 0 Å². The molecule has 0 spiro atoms. The van der Waals surface area contributed by atoms with Gasteiger partial charge in [-0.2, -0.15) is 0 Å². The van der Waals surface area contributed by atoms with Crippen LogP contribution in [-0.2, 0) is 0 Å². The first-order valence-electron chi connectivity index (χ1n) is 7.72. The van der Waals surface area contributed by atoms with Crippen molar-refractivity contribution in [3.8, 4) is 0 Å². The van der Waals surface area contributed by atoms with Crippen LogP contribution >= 0.6 is 0 Å². The van der Waals surface area contributed by atoms with Crippen molar-refractivity contribution in [2.45, 2.75) is 58.5 Å². The number of hydrogen-bond acceptors (Lipinski definition) is 3. The van der Waals surface area contributed by atoms with Gasteiger partial charge in [-0.3, -0.25) is 4.90 Å².